The number of hydrogen-bond donors (Lipinski definition) is 0. The van der Waals surface area contributed by atoms with E-state index >= 15 is 0 Å². The summed E-state index contributed by atoms with van der Waals surface area (Å²) in [7, 11) is 0. The number of thiazole rings is 1. The Hall–Kier alpha value is -0.370. The highest BCUT2D eigenvalue weighted by atomic mass is 32.1. The molecule has 0 saturated heterocycles. The Labute approximate surface area is 91.6 Å². The molecule has 0 bridgehead atoms. The average molecular weight is 211 g/mol. The molecule has 0 fully saturated rings. The molecule has 0 radical (unpaired) electrons. The van der Waals surface area contributed by atoms with Crippen LogP contribution in [0, 0.1) is 5.92 Å². The van der Waals surface area contributed by atoms with Crippen LogP contribution in [0.3, 0.4) is 0 Å². The van der Waals surface area contributed by atoms with Crippen LogP contribution in [0.1, 0.15) is 58.2 Å². The third kappa shape index (κ3) is 2.57. The highest BCUT2D eigenvalue weighted by molar-refractivity contribution is 7.09. The molecular weight excluding hydrogens is 190 g/mol. The molecule has 1 rings (SSSR count). The predicted molar refractivity (Wildman–Crippen MR) is 64.1 cm³/mol. The molecule has 0 amide bonds. The molecule has 80 valence electrons. The van der Waals surface area contributed by atoms with Crippen LogP contribution in [0.4, 0.5) is 0 Å². The minimum atomic E-state index is 0.186. The van der Waals surface area contributed by atoms with Gasteiger partial charge < -0.3 is 0 Å². The summed E-state index contributed by atoms with van der Waals surface area (Å²) in [6.07, 6.45) is 0. The van der Waals surface area contributed by atoms with Crippen molar-refractivity contribution in [3.63, 3.8) is 0 Å². The minimum absolute atomic E-state index is 0.186. The van der Waals surface area contributed by atoms with Crippen molar-refractivity contribution in [2.75, 3.05) is 0 Å². The predicted octanol–water partition coefficient (Wildman–Crippen LogP) is 4.20. The van der Waals surface area contributed by atoms with Crippen molar-refractivity contribution in [2.24, 2.45) is 5.92 Å². The molecule has 1 aromatic heterocycles. The van der Waals surface area contributed by atoms with Crippen molar-refractivity contribution >= 4 is 11.3 Å². The summed E-state index contributed by atoms with van der Waals surface area (Å²) in [6.45, 7) is 13.4. The highest BCUT2D eigenvalue weighted by Crippen LogP contribution is 2.30. The van der Waals surface area contributed by atoms with E-state index in [1.807, 2.05) is 0 Å². The van der Waals surface area contributed by atoms with E-state index in [4.69, 9.17) is 4.98 Å². The van der Waals surface area contributed by atoms with E-state index in [2.05, 4.69) is 46.9 Å². The summed E-state index contributed by atoms with van der Waals surface area (Å²) in [5.74, 6) is 1.25. The van der Waals surface area contributed by atoms with Crippen molar-refractivity contribution < 1.29 is 0 Å². The summed E-state index contributed by atoms with van der Waals surface area (Å²) < 4.78 is 0. The van der Waals surface area contributed by atoms with E-state index in [1.165, 1.54) is 10.7 Å². The zero-order valence-electron chi connectivity index (χ0n) is 10.1. The molecule has 0 N–H and O–H groups in total. The fourth-order valence-corrected chi connectivity index (χ4v) is 2.40. The number of aromatic nitrogens is 1. The Bertz CT molecular complexity index is 294. The summed E-state index contributed by atoms with van der Waals surface area (Å²) in [5, 5.41) is 3.48. The largest absolute Gasteiger partial charge is 0.245 e. The Balaban J connectivity index is 2.89. The van der Waals surface area contributed by atoms with Crippen molar-refractivity contribution in [2.45, 2.75) is 52.9 Å². The first-order valence-electron chi connectivity index (χ1n) is 5.28. The molecule has 0 aliphatic heterocycles. The van der Waals surface area contributed by atoms with Gasteiger partial charge in [0.2, 0.25) is 0 Å². The molecule has 0 spiro atoms. The maximum absolute atomic E-state index is 4.72. The van der Waals surface area contributed by atoms with E-state index in [0.29, 0.717) is 11.8 Å². The van der Waals surface area contributed by atoms with Gasteiger partial charge in [-0.1, -0.05) is 41.5 Å². The lowest BCUT2D eigenvalue weighted by atomic mass is 9.93. The first kappa shape index (κ1) is 11.7. The summed E-state index contributed by atoms with van der Waals surface area (Å²) in [5.41, 5.74) is 1.41. The van der Waals surface area contributed by atoms with Gasteiger partial charge in [0.1, 0.15) is 0 Å². The molecule has 1 nitrogen and oxygen atoms in total. The molecule has 0 saturated carbocycles. The third-order valence-corrected chi connectivity index (χ3v) is 3.73. The zero-order chi connectivity index (χ0) is 10.9. The maximum atomic E-state index is 4.72. The summed E-state index contributed by atoms with van der Waals surface area (Å²) >= 11 is 1.80. The van der Waals surface area contributed by atoms with E-state index < -0.39 is 0 Å². The van der Waals surface area contributed by atoms with Gasteiger partial charge in [-0.3, -0.25) is 0 Å². The summed E-state index contributed by atoms with van der Waals surface area (Å²) in [4.78, 5) is 4.72. The quantitative estimate of drug-likeness (QED) is 0.714. The van der Waals surface area contributed by atoms with Crippen molar-refractivity contribution in [1.29, 1.82) is 0 Å². The lowest BCUT2D eigenvalue weighted by Crippen LogP contribution is -2.12. The van der Waals surface area contributed by atoms with E-state index in [-0.39, 0.29) is 5.41 Å². The number of nitrogens with zero attached hydrogens (tertiary/aromatic N) is 1. The van der Waals surface area contributed by atoms with Crippen molar-refractivity contribution in [1.82, 2.24) is 4.98 Å². The number of rotatable bonds is 2. The minimum Gasteiger partial charge on any atom is -0.245 e. The third-order valence-electron chi connectivity index (χ3n) is 2.68. The second kappa shape index (κ2) is 4.01. The van der Waals surface area contributed by atoms with E-state index in [0.717, 1.165) is 0 Å². The first-order chi connectivity index (χ1) is 6.32. The first-order valence-corrected chi connectivity index (χ1v) is 6.16. The molecule has 0 aromatic carbocycles. The highest BCUT2D eigenvalue weighted by Gasteiger charge is 2.20. The van der Waals surface area contributed by atoms with Crippen LogP contribution < -0.4 is 0 Å². The van der Waals surface area contributed by atoms with E-state index in [9.17, 15) is 0 Å². The molecule has 1 atom stereocenters. The fraction of sp³-hybridized carbons (Fsp3) is 0.750. The average Bonchev–Trinajstić information content (AvgIpc) is 2.49. The van der Waals surface area contributed by atoms with Crippen molar-refractivity contribution in [3.8, 4) is 0 Å². The van der Waals surface area contributed by atoms with Gasteiger partial charge in [0, 0.05) is 16.7 Å². The maximum Gasteiger partial charge on any atom is 0.0959 e. The SMILES string of the molecule is CC(C)C(C)c1nc(C(C)(C)C)cs1. The van der Waals surface area contributed by atoms with Gasteiger partial charge in [-0.25, -0.2) is 4.98 Å². The Morgan fingerprint density at radius 1 is 1.21 bits per heavy atom. The fourth-order valence-electron chi connectivity index (χ4n) is 1.13. The smallest absolute Gasteiger partial charge is 0.0959 e. The van der Waals surface area contributed by atoms with Crippen LogP contribution in [0.15, 0.2) is 5.38 Å². The van der Waals surface area contributed by atoms with Gasteiger partial charge in [-0.05, 0) is 5.92 Å². The Morgan fingerprint density at radius 3 is 2.14 bits per heavy atom. The molecule has 1 aromatic rings. The lowest BCUT2D eigenvalue weighted by Gasteiger charge is -2.15. The normalized spacial score (nSPS) is 14.8. The lowest BCUT2D eigenvalue weighted by molar-refractivity contribution is 0.521. The van der Waals surface area contributed by atoms with Gasteiger partial charge in [0.25, 0.3) is 0 Å². The van der Waals surface area contributed by atoms with Gasteiger partial charge in [0.05, 0.1) is 10.7 Å². The van der Waals surface area contributed by atoms with Crippen LogP contribution in [-0.4, -0.2) is 4.98 Å². The topological polar surface area (TPSA) is 12.9 Å². The van der Waals surface area contributed by atoms with Crippen LogP contribution >= 0.6 is 11.3 Å². The molecule has 1 heterocycles. The zero-order valence-corrected chi connectivity index (χ0v) is 10.9. The van der Waals surface area contributed by atoms with Gasteiger partial charge in [-0.2, -0.15) is 0 Å². The molecule has 0 aliphatic carbocycles. The number of hydrogen-bond acceptors (Lipinski definition) is 2. The van der Waals surface area contributed by atoms with Crippen molar-refractivity contribution in [3.05, 3.63) is 16.1 Å². The van der Waals surface area contributed by atoms with Crippen LogP contribution in [-0.2, 0) is 5.41 Å². The molecule has 1 unspecified atom stereocenters. The molecule has 2 heteroatoms. The van der Waals surface area contributed by atoms with Gasteiger partial charge in [-0.15, -0.1) is 11.3 Å². The van der Waals surface area contributed by atoms with Crippen LogP contribution in [0.25, 0.3) is 0 Å². The van der Waals surface area contributed by atoms with E-state index in [1.54, 1.807) is 11.3 Å². The Morgan fingerprint density at radius 2 is 1.79 bits per heavy atom. The van der Waals surface area contributed by atoms with Crippen LogP contribution in [0.5, 0.6) is 0 Å². The standard InChI is InChI=1S/C12H21NS/c1-8(2)9(3)11-13-10(7-14-11)12(4,5)6/h7-9H,1-6H3. The monoisotopic (exact) mass is 211 g/mol. The summed E-state index contributed by atoms with van der Waals surface area (Å²) in [6, 6.07) is 0. The van der Waals surface area contributed by atoms with Crippen LogP contribution in [0.2, 0.25) is 0 Å². The second-order valence-corrected chi connectivity index (χ2v) is 6.24. The molecule has 0 aliphatic rings. The van der Waals surface area contributed by atoms with Gasteiger partial charge in [0.15, 0.2) is 0 Å². The second-order valence-electron chi connectivity index (χ2n) is 5.35. The molecular formula is C12H21NS. The van der Waals surface area contributed by atoms with Gasteiger partial charge >= 0.3 is 0 Å². The Kier molecular flexibility index (Phi) is 3.36. The molecule has 14 heavy (non-hydrogen) atoms.